The molecular formula is C13H26N2O. The highest BCUT2D eigenvalue weighted by molar-refractivity contribution is 4.89. The van der Waals surface area contributed by atoms with Gasteiger partial charge in [0.2, 0.25) is 0 Å². The first-order valence-electron chi connectivity index (χ1n) is 6.79. The van der Waals surface area contributed by atoms with E-state index in [-0.39, 0.29) is 6.10 Å². The van der Waals surface area contributed by atoms with Crippen molar-refractivity contribution in [2.45, 2.75) is 45.3 Å². The monoisotopic (exact) mass is 226 g/mol. The number of aliphatic hydroxyl groups is 1. The fourth-order valence-electron chi connectivity index (χ4n) is 3.22. The summed E-state index contributed by atoms with van der Waals surface area (Å²) in [6, 6.07) is 0.465. The van der Waals surface area contributed by atoms with Crippen LogP contribution in [0.5, 0.6) is 0 Å². The molecule has 0 aromatic rings. The third-order valence-corrected chi connectivity index (χ3v) is 4.03. The molecule has 3 unspecified atom stereocenters. The third-order valence-electron chi connectivity index (χ3n) is 4.03. The topological polar surface area (TPSA) is 35.5 Å². The van der Waals surface area contributed by atoms with Crippen molar-refractivity contribution < 1.29 is 5.11 Å². The maximum atomic E-state index is 9.92. The Bertz CT molecular complexity index is 208. The van der Waals surface area contributed by atoms with Crippen LogP contribution in [-0.2, 0) is 0 Å². The van der Waals surface area contributed by atoms with Crippen molar-refractivity contribution in [1.82, 2.24) is 10.2 Å². The minimum absolute atomic E-state index is 0.207. The number of hydrogen-bond acceptors (Lipinski definition) is 3. The molecule has 2 fully saturated rings. The first kappa shape index (κ1) is 12.3. The van der Waals surface area contributed by atoms with E-state index >= 15 is 0 Å². The number of nitrogens with one attached hydrogen (secondary N) is 1. The fraction of sp³-hybridized carbons (Fsp3) is 1.00. The van der Waals surface area contributed by atoms with E-state index in [0.29, 0.717) is 6.04 Å². The molecule has 94 valence electrons. The molecule has 2 N–H and O–H groups in total. The maximum Gasteiger partial charge on any atom is 0.0791 e. The lowest BCUT2D eigenvalue weighted by Gasteiger charge is -2.21. The Hall–Kier alpha value is -0.120. The van der Waals surface area contributed by atoms with Gasteiger partial charge in [-0.2, -0.15) is 0 Å². The lowest BCUT2D eigenvalue weighted by atomic mass is 10.0. The largest absolute Gasteiger partial charge is 0.390 e. The molecule has 2 rings (SSSR count). The number of aliphatic hydroxyl groups excluding tert-OH is 1. The average Bonchev–Trinajstić information content (AvgIpc) is 2.74. The van der Waals surface area contributed by atoms with Gasteiger partial charge in [-0.3, -0.25) is 0 Å². The van der Waals surface area contributed by atoms with Crippen LogP contribution < -0.4 is 5.32 Å². The first-order valence-corrected chi connectivity index (χ1v) is 6.79. The Balaban J connectivity index is 1.66. The predicted octanol–water partition coefficient (Wildman–Crippen LogP) is 1.08. The summed E-state index contributed by atoms with van der Waals surface area (Å²) in [6.45, 7) is 8.27. The van der Waals surface area contributed by atoms with Gasteiger partial charge in [-0.15, -0.1) is 0 Å². The molecule has 0 radical (unpaired) electrons. The Morgan fingerprint density at radius 3 is 2.44 bits per heavy atom. The molecule has 0 aromatic heterocycles. The molecule has 3 nitrogen and oxygen atoms in total. The number of rotatable bonds is 5. The molecule has 1 heterocycles. The molecule has 16 heavy (non-hydrogen) atoms. The maximum absolute atomic E-state index is 9.92. The number of hydrogen-bond donors (Lipinski definition) is 2. The van der Waals surface area contributed by atoms with Gasteiger partial charge in [0.1, 0.15) is 0 Å². The standard InChI is InChI=1S/C13H26N2O/c1-10(2)14-6-13(16)9-15-7-11-4-3-5-12(11)8-15/h10-14,16H,3-9H2,1-2H3. The summed E-state index contributed by atoms with van der Waals surface area (Å²) in [7, 11) is 0. The molecule has 0 aromatic carbocycles. The van der Waals surface area contributed by atoms with Gasteiger partial charge in [0, 0.05) is 32.2 Å². The first-order chi connectivity index (χ1) is 7.65. The van der Waals surface area contributed by atoms with Crippen LogP contribution in [0.15, 0.2) is 0 Å². The van der Waals surface area contributed by atoms with Crippen molar-refractivity contribution in [3.8, 4) is 0 Å². The van der Waals surface area contributed by atoms with Crippen molar-refractivity contribution in [3.05, 3.63) is 0 Å². The normalized spacial score (nSPS) is 32.2. The van der Waals surface area contributed by atoms with E-state index in [9.17, 15) is 5.11 Å². The highest BCUT2D eigenvalue weighted by Crippen LogP contribution is 2.37. The lowest BCUT2D eigenvalue weighted by Crippen LogP contribution is -2.39. The quantitative estimate of drug-likeness (QED) is 0.736. The van der Waals surface area contributed by atoms with Crippen LogP contribution in [0.2, 0.25) is 0 Å². The molecule has 0 bridgehead atoms. The van der Waals surface area contributed by atoms with E-state index < -0.39 is 0 Å². The van der Waals surface area contributed by atoms with E-state index in [4.69, 9.17) is 0 Å². The van der Waals surface area contributed by atoms with Gasteiger partial charge in [0.25, 0.3) is 0 Å². The zero-order chi connectivity index (χ0) is 11.5. The van der Waals surface area contributed by atoms with Gasteiger partial charge >= 0.3 is 0 Å². The van der Waals surface area contributed by atoms with Crippen LogP contribution in [0.3, 0.4) is 0 Å². The van der Waals surface area contributed by atoms with Gasteiger partial charge in [-0.25, -0.2) is 0 Å². The summed E-state index contributed by atoms with van der Waals surface area (Å²) in [5.41, 5.74) is 0. The Labute approximate surface area is 99.2 Å². The van der Waals surface area contributed by atoms with Gasteiger partial charge in [-0.1, -0.05) is 20.3 Å². The van der Waals surface area contributed by atoms with E-state index in [1.165, 1.54) is 32.4 Å². The SMILES string of the molecule is CC(C)NCC(O)CN1CC2CCCC2C1. The molecule has 1 saturated heterocycles. The highest BCUT2D eigenvalue weighted by Gasteiger charge is 2.36. The van der Waals surface area contributed by atoms with E-state index in [1.807, 2.05) is 0 Å². The second-order valence-electron chi connectivity index (χ2n) is 5.89. The molecule has 3 heteroatoms. The summed E-state index contributed by atoms with van der Waals surface area (Å²) in [4.78, 5) is 2.46. The Kier molecular flexibility index (Phi) is 4.22. The van der Waals surface area contributed by atoms with Gasteiger partial charge in [-0.05, 0) is 24.7 Å². The summed E-state index contributed by atoms with van der Waals surface area (Å²) < 4.78 is 0. The van der Waals surface area contributed by atoms with Crippen LogP contribution >= 0.6 is 0 Å². The van der Waals surface area contributed by atoms with Crippen molar-refractivity contribution in [1.29, 1.82) is 0 Å². The number of fused-ring (bicyclic) bond motifs is 1. The third kappa shape index (κ3) is 3.19. The summed E-state index contributed by atoms with van der Waals surface area (Å²) in [5.74, 6) is 1.87. The minimum atomic E-state index is -0.207. The Morgan fingerprint density at radius 1 is 1.25 bits per heavy atom. The van der Waals surface area contributed by atoms with Crippen molar-refractivity contribution in [2.75, 3.05) is 26.2 Å². The zero-order valence-corrected chi connectivity index (χ0v) is 10.7. The molecule has 0 amide bonds. The smallest absolute Gasteiger partial charge is 0.0791 e. The van der Waals surface area contributed by atoms with Crippen LogP contribution in [0.1, 0.15) is 33.1 Å². The Morgan fingerprint density at radius 2 is 1.88 bits per heavy atom. The fourth-order valence-corrected chi connectivity index (χ4v) is 3.22. The van der Waals surface area contributed by atoms with Gasteiger partial charge < -0.3 is 15.3 Å². The van der Waals surface area contributed by atoms with Crippen LogP contribution in [-0.4, -0.2) is 48.3 Å². The molecule has 3 atom stereocenters. The number of β-amino-alcohol motifs (C(OH)–C–C–N with tert-alkyl or cyclic N) is 1. The summed E-state index contributed by atoms with van der Waals surface area (Å²) >= 11 is 0. The van der Waals surface area contributed by atoms with E-state index in [0.717, 1.165) is 24.9 Å². The molecule has 1 saturated carbocycles. The molecule has 0 spiro atoms. The van der Waals surface area contributed by atoms with Gasteiger partial charge in [0.05, 0.1) is 6.10 Å². The second-order valence-corrected chi connectivity index (χ2v) is 5.89. The molecular weight excluding hydrogens is 200 g/mol. The number of nitrogens with zero attached hydrogens (tertiary/aromatic N) is 1. The zero-order valence-electron chi connectivity index (χ0n) is 10.7. The van der Waals surface area contributed by atoms with Crippen molar-refractivity contribution >= 4 is 0 Å². The van der Waals surface area contributed by atoms with E-state index in [1.54, 1.807) is 0 Å². The van der Waals surface area contributed by atoms with E-state index in [2.05, 4.69) is 24.1 Å². The number of likely N-dealkylation sites (tertiary alicyclic amines) is 1. The van der Waals surface area contributed by atoms with Crippen LogP contribution in [0.4, 0.5) is 0 Å². The molecule has 2 aliphatic rings. The molecule has 1 aliphatic heterocycles. The van der Waals surface area contributed by atoms with Crippen molar-refractivity contribution in [3.63, 3.8) is 0 Å². The lowest BCUT2D eigenvalue weighted by molar-refractivity contribution is 0.117. The minimum Gasteiger partial charge on any atom is -0.390 e. The predicted molar refractivity (Wildman–Crippen MR) is 66.4 cm³/mol. The summed E-state index contributed by atoms with van der Waals surface area (Å²) in [6.07, 6.45) is 4.06. The average molecular weight is 226 g/mol. The van der Waals surface area contributed by atoms with Crippen LogP contribution in [0.25, 0.3) is 0 Å². The summed E-state index contributed by atoms with van der Waals surface area (Å²) in [5, 5.41) is 13.2. The van der Waals surface area contributed by atoms with Crippen molar-refractivity contribution in [2.24, 2.45) is 11.8 Å². The molecule has 1 aliphatic carbocycles. The van der Waals surface area contributed by atoms with Crippen LogP contribution in [0, 0.1) is 11.8 Å². The highest BCUT2D eigenvalue weighted by atomic mass is 16.3. The second kappa shape index (κ2) is 5.48. The van der Waals surface area contributed by atoms with Gasteiger partial charge in [0.15, 0.2) is 0 Å².